The Morgan fingerprint density at radius 3 is 2.56 bits per heavy atom. The highest BCUT2D eigenvalue weighted by Crippen LogP contribution is 2.55. The van der Waals surface area contributed by atoms with Crippen LogP contribution >= 0.6 is 0 Å². The predicted molar refractivity (Wildman–Crippen MR) is 124 cm³/mol. The summed E-state index contributed by atoms with van der Waals surface area (Å²) in [5, 5.41) is 20.5. The molecule has 0 bridgehead atoms. The molecule has 1 aliphatic heterocycles. The van der Waals surface area contributed by atoms with Gasteiger partial charge in [0.25, 0.3) is 0 Å². The maximum absolute atomic E-state index is 12.9. The first-order chi connectivity index (χ1) is 15.3. The first kappa shape index (κ1) is 25.2. The number of carbonyl (C=O) groups is 2. The average Bonchev–Trinajstić information content (AvgIpc) is 2.76. The normalized spacial score (nSPS) is 36.6. The molecule has 0 aromatic rings. The van der Waals surface area contributed by atoms with E-state index < -0.39 is 6.10 Å². The molecule has 1 unspecified atom stereocenters. The number of hydrogen-bond acceptors (Lipinski definition) is 5. The van der Waals surface area contributed by atoms with Gasteiger partial charge in [-0.15, -0.1) is 0 Å². The molecule has 0 aromatic carbocycles. The van der Waals surface area contributed by atoms with Crippen molar-refractivity contribution in [2.75, 3.05) is 45.9 Å². The molecule has 8 nitrogen and oxygen atoms in total. The number of carbonyl (C=O) groups excluding carboxylic acids is 2. The Bertz CT molecular complexity index is 641. The summed E-state index contributed by atoms with van der Waals surface area (Å²) in [4.78, 5) is 27.3. The lowest BCUT2D eigenvalue weighted by atomic mass is 9.52. The van der Waals surface area contributed by atoms with Crippen LogP contribution in [-0.4, -0.2) is 80.0 Å². The van der Waals surface area contributed by atoms with Crippen LogP contribution in [0.5, 0.6) is 0 Å². The van der Waals surface area contributed by atoms with Gasteiger partial charge in [-0.3, -0.25) is 9.69 Å². The largest absolute Gasteiger partial charge is 0.392 e. The SMILES string of the molecule is CCNC(=O)N[C@H]1CC[C@]2(C)CCC([C@H](C)C(=O)NCCN3CCOCC3)[C@H](O)[C@H]2[C@@H]1C. The molecule has 32 heavy (non-hydrogen) atoms. The second-order valence-corrected chi connectivity index (χ2v) is 10.4. The minimum absolute atomic E-state index is 0.0337. The zero-order valence-corrected chi connectivity index (χ0v) is 20.4. The number of morpholine rings is 1. The molecule has 1 saturated heterocycles. The number of amides is 3. The number of urea groups is 1. The summed E-state index contributed by atoms with van der Waals surface area (Å²) in [7, 11) is 0. The van der Waals surface area contributed by atoms with E-state index in [0.29, 0.717) is 13.1 Å². The molecule has 1 heterocycles. The Hall–Kier alpha value is -1.38. The van der Waals surface area contributed by atoms with Crippen molar-refractivity contribution in [1.29, 1.82) is 0 Å². The van der Waals surface area contributed by atoms with Crippen molar-refractivity contribution in [2.45, 2.75) is 65.5 Å². The second-order valence-electron chi connectivity index (χ2n) is 10.4. The lowest BCUT2D eigenvalue weighted by Gasteiger charge is -2.56. The quantitative estimate of drug-likeness (QED) is 0.470. The molecule has 3 rings (SSSR count). The van der Waals surface area contributed by atoms with Crippen molar-refractivity contribution < 1.29 is 19.4 Å². The van der Waals surface area contributed by atoms with Gasteiger partial charge in [0, 0.05) is 44.7 Å². The summed E-state index contributed by atoms with van der Waals surface area (Å²) >= 11 is 0. The number of aliphatic hydroxyl groups excluding tert-OH is 1. The smallest absolute Gasteiger partial charge is 0.315 e. The monoisotopic (exact) mass is 452 g/mol. The lowest BCUT2D eigenvalue weighted by molar-refractivity contribution is -0.141. The van der Waals surface area contributed by atoms with E-state index in [1.165, 1.54) is 0 Å². The first-order valence-electron chi connectivity index (χ1n) is 12.6. The van der Waals surface area contributed by atoms with Gasteiger partial charge < -0.3 is 25.8 Å². The Kier molecular flexibility index (Phi) is 8.81. The van der Waals surface area contributed by atoms with Gasteiger partial charge in [0.2, 0.25) is 5.91 Å². The van der Waals surface area contributed by atoms with Crippen molar-refractivity contribution in [3.05, 3.63) is 0 Å². The molecule has 7 atom stereocenters. The molecular formula is C24H44N4O4. The molecule has 3 amide bonds. The van der Waals surface area contributed by atoms with Gasteiger partial charge in [-0.05, 0) is 55.8 Å². The van der Waals surface area contributed by atoms with Crippen LogP contribution < -0.4 is 16.0 Å². The highest BCUT2D eigenvalue weighted by Gasteiger charge is 2.53. The third-order valence-electron chi connectivity index (χ3n) is 8.43. The first-order valence-corrected chi connectivity index (χ1v) is 12.6. The van der Waals surface area contributed by atoms with E-state index >= 15 is 0 Å². The summed E-state index contributed by atoms with van der Waals surface area (Å²) in [6.07, 6.45) is 3.27. The molecule has 8 heteroatoms. The standard InChI is InChI=1S/C24H44N4O4/c1-5-25-23(31)27-19-7-9-24(4)8-6-18(21(29)20(24)17(19)3)16(2)22(30)26-10-11-28-12-14-32-15-13-28/h16-21,29H,5-15H2,1-4H3,(H,26,30)(H2,25,27,31)/t16-,17+,18?,19-,20+,21-,24-/m0/s1. The summed E-state index contributed by atoms with van der Waals surface area (Å²) in [6.45, 7) is 13.7. The van der Waals surface area contributed by atoms with E-state index in [4.69, 9.17) is 4.74 Å². The molecule has 2 saturated carbocycles. The van der Waals surface area contributed by atoms with Crippen molar-refractivity contribution in [1.82, 2.24) is 20.9 Å². The molecule has 0 aromatic heterocycles. The van der Waals surface area contributed by atoms with Gasteiger partial charge in [0.15, 0.2) is 0 Å². The van der Waals surface area contributed by atoms with Gasteiger partial charge in [0.05, 0.1) is 19.3 Å². The van der Waals surface area contributed by atoms with Crippen molar-refractivity contribution >= 4 is 11.9 Å². The summed E-state index contributed by atoms with van der Waals surface area (Å²) in [6, 6.07) is -0.0894. The number of fused-ring (bicyclic) bond motifs is 1. The fourth-order valence-corrected chi connectivity index (χ4v) is 6.39. The number of rotatable bonds is 7. The van der Waals surface area contributed by atoms with E-state index in [1.54, 1.807) is 0 Å². The minimum Gasteiger partial charge on any atom is -0.392 e. The van der Waals surface area contributed by atoms with E-state index in [9.17, 15) is 14.7 Å². The van der Waals surface area contributed by atoms with E-state index in [0.717, 1.165) is 58.5 Å². The number of ether oxygens (including phenoxy) is 1. The zero-order chi connectivity index (χ0) is 23.3. The number of hydrogen-bond donors (Lipinski definition) is 4. The molecule has 3 aliphatic rings. The second kappa shape index (κ2) is 11.2. The molecule has 0 radical (unpaired) electrons. The average molecular weight is 453 g/mol. The maximum atomic E-state index is 12.9. The summed E-state index contributed by atoms with van der Waals surface area (Å²) < 4.78 is 5.37. The van der Waals surface area contributed by atoms with Gasteiger partial charge in [-0.1, -0.05) is 20.8 Å². The topological polar surface area (TPSA) is 103 Å². The van der Waals surface area contributed by atoms with Crippen LogP contribution in [0.3, 0.4) is 0 Å². The Morgan fingerprint density at radius 2 is 1.88 bits per heavy atom. The molecule has 3 fully saturated rings. The molecule has 2 aliphatic carbocycles. The Morgan fingerprint density at radius 1 is 1.19 bits per heavy atom. The third-order valence-corrected chi connectivity index (χ3v) is 8.43. The van der Waals surface area contributed by atoms with E-state index in [-0.39, 0.29) is 47.1 Å². The van der Waals surface area contributed by atoms with Crippen LogP contribution in [-0.2, 0) is 9.53 Å². The van der Waals surface area contributed by atoms with Crippen molar-refractivity contribution in [3.63, 3.8) is 0 Å². The Labute approximate surface area is 193 Å². The van der Waals surface area contributed by atoms with Crippen LogP contribution in [0.2, 0.25) is 0 Å². The Balaban J connectivity index is 1.57. The van der Waals surface area contributed by atoms with Gasteiger partial charge >= 0.3 is 6.03 Å². The maximum Gasteiger partial charge on any atom is 0.315 e. The van der Waals surface area contributed by atoms with E-state index in [1.807, 2.05) is 13.8 Å². The molecule has 4 N–H and O–H groups in total. The minimum atomic E-state index is -0.539. The van der Waals surface area contributed by atoms with Crippen LogP contribution in [0.4, 0.5) is 4.79 Å². The molecule has 0 spiro atoms. The molecular weight excluding hydrogens is 408 g/mol. The van der Waals surface area contributed by atoms with E-state index in [2.05, 4.69) is 34.7 Å². The fraction of sp³-hybridized carbons (Fsp3) is 0.917. The van der Waals surface area contributed by atoms with Crippen LogP contribution in [0.1, 0.15) is 53.4 Å². The van der Waals surface area contributed by atoms with Gasteiger partial charge in [0.1, 0.15) is 0 Å². The highest BCUT2D eigenvalue weighted by atomic mass is 16.5. The fourth-order valence-electron chi connectivity index (χ4n) is 6.39. The number of aliphatic hydroxyl groups is 1. The van der Waals surface area contributed by atoms with Crippen LogP contribution in [0.25, 0.3) is 0 Å². The van der Waals surface area contributed by atoms with Crippen LogP contribution in [0.15, 0.2) is 0 Å². The van der Waals surface area contributed by atoms with Gasteiger partial charge in [-0.25, -0.2) is 4.79 Å². The predicted octanol–water partition coefficient (Wildman–Crippen LogP) is 1.58. The van der Waals surface area contributed by atoms with Crippen molar-refractivity contribution in [3.8, 4) is 0 Å². The third kappa shape index (κ3) is 5.75. The molecule has 184 valence electrons. The summed E-state index contributed by atoms with van der Waals surface area (Å²) in [5.74, 6) is -0.0204. The highest BCUT2D eigenvalue weighted by molar-refractivity contribution is 5.78. The lowest BCUT2D eigenvalue weighted by Crippen LogP contribution is -2.59. The summed E-state index contributed by atoms with van der Waals surface area (Å²) in [5.41, 5.74) is 0.0568. The zero-order valence-electron chi connectivity index (χ0n) is 20.4. The van der Waals surface area contributed by atoms with Crippen molar-refractivity contribution in [2.24, 2.45) is 29.1 Å². The van der Waals surface area contributed by atoms with Crippen LogP contribution in [0, 0.1) is 29.1 Å². The number of nitrogens with one attached hydrogen (secondary N) is 3. The van der Waals surface area contributed by atoms with Gasteiger partial charge in [-0.2, -0.15) is 0 Å². The number of nitrogens with zero attached hydrogens (tertiary/aromatic N) is 1.